The lowest BCUT2D eigenvalue weighted by Crippen LogP contribution is -1.82. The van der Waals surface area contributed by atoms with Crippen LogP contribution in [0.25, 0.3) is 11.4 Å². The molecule has 66 valence electrons. The first-order valence-corrected chi connectivity index (χ1v) is 4.40. The van der Waals surface area contributed by atoms with Gasteiger partial charge in [-0.2, -0.15) is 0 Å². The van der Waals surface area contributed by atoms with E-state index in [2.05, 4.69) is 9.97 Å². The number of benzene rings is 1. The standard InChI is InChI=1S/C10H9ClN2/c1-7-4-8(6-9(11)5-7)10-12-2-3-13-10/h2-6H,1H3,(H,12,13). The van der Waals surface area contributed by atoms with Crippen LogP contribution in [0.2, 0.25) is 5.02 Å². The minimum atomic E-state index is 0.742. The van der Waals surface area contributed by atoms with Crippen molar-refractivity contribution in [3.8, 4) is 11.4 Å². The van der Waals surface area contributed by atoms with Gasteiger partial charge in [-0.25, -0.2) is 4.98 Å². The third-order valence-corrected chi connectivity index (χ3v) is 2.03. The summed E-state index contributed by atoms with van der Waals surface area (Å²) < 4.78 is 0. The second kappa shape index (κ2) is 3.23. The molecule has 13 heavy (non-hydrogen) atoms. The van der Waals surface area contributed by atoms with E-state index in [4.69, 9.17) is 11.6 Å². The molecule has 1 aromatic heterocycles. The van der Waals surface area contributed by atoms with Crippen molar-refractivity contribution in [1.29, 1.82) is 0 Å². The van der Waals surface area contributed by atoms with E-state index in [9.17, 15) is 0 Å². The maximum Gasteiger partial charge on any atom is 0.137 e. The predicted octanol–water partition coefficient (Wildman–Crippen LogP) is 3.04. The van der Waals surface area contributed by atoms with Gasteiger partial charge in [0, 0.05) is 23.0 Å². The Hall–Kier alpha value is -1.28. The summed E-state index contributed by atoms with van der Waals surface area (Å²) in [6.07, 6.45) is 3.52. The zero-order valence-corrected chi connectivity index (χ0v) is 7.97. The fourth-order valence-electron chi connectivity index (χ4n) is 1.30. The molecule has 1 aromatic carbocycles. The van der Waals surface area contributed by atoms with Crippen LogP contribution >= 0.6 is 11.6 Å². The number of nitrogens with one attached hydrogen (secondary N) is 1. The molecule has 0 saturated heterocycles. The zero-order valence-electron chi connectivity index (χ0n) is 7.21. The highest BCUT2D eigenvalue weighted by atomic mass is 35.5. The molecule has 2 nitrogen and oxygen atoms in total. The number of hydrogen-bond donors (Lipinski definition) is 1. The molecule has 1 N–H and O–H groups in total. The second-order valence-electron chi connectivity index (χ2n) is 2.96. The number of H-pyrrole nitrogens is 1. The van der Waals surface area contributed by atoms with Crippen LogP contribution in [-0.2, 0) is 0 Å². The first kappa shape index (κ1) is 8.32. The Morgan fingerprint density at radius 3 is 2.77 bits per heavy atom. The van der Waals surface area contributed by atoms with E-state index in [-0.39, 0.29) is 0 Å². The second-order valence-corrected chi connectivity index (χ2v) is 3.39. The Balaban J connectivity index is 2.53. The van der Waals surface area contributed by atoms with E-state index >= 15 is 0 Å². The Bertz CT molecular complexity index is 387. The lowest BCUT2D eigenvalue weighted by Gasteiger charge is -1.99. The highest BCUT2D eigenvalue weighted by Crippen LogP contribution is 2.21. The molecule has 0 atom stereocenters. The van der Waals surface area contributed by atoms with Crippen LogP contribution in [0.4, 0.5) is 0 Å². The van der Waals surface area contributed by atoms with E-state index in [1.807, 2.05) is 25.1 Å². The summed E-state index contributed by atoms with van der Waals surface area (Å²) in [4.78, 5) is 7.19. The molecule has 0 aliphatic carbocycles. The first-order chi connectivity index (χ1) is 6.25. The van der Waals surface area contributed by atoms with Gasteiger partial charge in [0.1, 0.15) is 5.82 Å². The average Bonchev–Trinajstić information content (AvgIpc) is 2.53. The van der Waals surface area contributed by atoms with Crippen molar-refractivity contribution in [3.05, 3.63) is 41.2 Å². The monoisotopic (exact) mass is 192 g/mol. The SMILES string of the molecule is Cc1cc(Cl)cc(-c2ncc[nH]2)c1. The molecule has 0 amide bonds. The largest absolute Gasteiger partial charge is 0.345 e. The lowest BCUT2D eigenvalue weighted by atomic mass is 10.1. The molecule has 0 saturated carbocycles. The van der Waals surface area contributed by atoms with Crippen LogP contribution in [0.3, 0.4) is 0 Å². The number of imidazole rings is 1. The highest BCUT2D eigenvalue weighted by Gasteiger charge is 2.01. The van der Waals surface area contributed by atoms with E-state index in [1.54, 1.807) is 12.4 Å². The molecule has 0 aliphatic rings. The molecule has 0 aliphatic heterocycles. The maximum absolute atomic E-state index is 5.93. The molecule has 0 spiro atoms. The van der Waals surface area contributed by atoms with Gasteiger partial charge >= 0.3 is 0 Å². The van der Waals surface area contributed by atoms with E-state index in [0.717, 1.165) is 22.0 Å². The van der Waals surface area contributed by atoms with Crippen molar-refractivity contribution in [1.82, 2.24) is 9.97 Å². The van der Waals surface area contributed by atoms with Gasteiger partial charge in [-0.3, -0.25) is 0 Å². The van der Waals surface area contributed by atoms with Gasteiger partial charge in [-0.15, -0.1) is 0 Å². The van der Waals surface area contributed by atoms with Gasteiger partial charge in [-0.05, 0) is 30.7 Å². The molecule has 1 heterocycles. The zero-order chi connectivity index (χ0) is 9.26. The van der Waals surface area contributed by atoms with Gasteiger partial charge in [0.05, 0.1) is 0 Å². The van der Waals surface area contributed by atoms with E-state index < -0.39 is 0 Å². The van der Waals surface area contributed by atoms with E-state index in [1.165, 1.54) is 0 Å². The Labute approximate surface area is 81.6 Å². The number of hydrogen-bond acceptors (Lipinski definition) is 1. The van der Waals surface area contributed by atoms with Crippen LogP contribution in [0, 0.1) is 6.92 Å². The van der Waals surface area contributed by atoms with Crippen LogP contribution in [0.15, 0.2) is 30.6 Å². The minimum Gasteiger partial charge on any atom is -0.345 e. The number of nitrogens with zero attached hydrogens (tertiary/aromatic N) is 1. The summed E-state index contributed by atoms with van der Waals surface area (Å²) >= 11 is 5.93. The fourth-order valence-corrected chi connectivity index (χ4v) is 1.59. The molecule has 0 bridgehead atoms. The molecule has 2 rings (SSSR count). The number of rotatable bonds is 1. The summed E-state index contributed by atoms with van der Waals surface area (Å²) in [6, 6.07) is 5.87. The Morgan fingerprint density at radius 2 is 2.15 bits per heavy atom. The minimum absolute atomic E-state index is 0.742. The molecule has 0 fully saturated rings. The van der Waals surface area contributed by atoms with Crippen LogP contribution < -0.4 is 0 Å². The smallest absolute Gasteiger partial charge is 0.137 e. The Kier molecular flexibility index (Phi) is 2.07. The van der Waals surface area contributed by atoms with Gasteiger partial charge in [-0.1, -0.05) is 11.6 Å². The third kappa shape index (κ3) is 1.73. The van der Waals surface area contributed by atoms with Crippen molar-refractivity contribution in [2.75, 3.05) is 0 Å². The van der Waals surface area contributed by atoms with Crippen LogP contribution in [0.5, 0.6) is 0 Å². The van der Waals surface area contributed by atoms with Crippen LogP contribution in [0.1, 0.15) is 5.56 Å². The summed E-state index contributed by atoms with van der Waals surface area (Å²) in [5.41, 5.74) is 2.16. The summed E-state index contributed by atoms with van der Waals surface area (Å²) in [7, 11) is 0. The molecular formula is C10H9ClN2. The summed E-state index contributed by atoms with van der Waals surface area (Å²) in [5.74, 6) is 0.852. The van der Waals surface area contributed by atoms with Crippen molar-refractivity contribution in [2.24, 2.45) is 0 Å². The van der Waals surface area contributed by atoms with Gasteiger partial charge in [0.2, 0.25) is 0 Å². The van der Waals surface area contributed by atoms with Crippen molar-refractivity contribution in [3.63, 3.8) is 0 Å². The molecule has 2 aromatic rings. The summed E-state index contributed by atoms with van der Waals surface area (Å²) in [5, 5.41) is 0.742. The molecule has 0 unspecified atom stereocenters. The van der Waals surface area contributed by atoms with Crippen molar-refractivity contribution >= 4 is 11.6 Å². The normalized spacial score (nSPS) is 10.3. The quantitative estimate of drug-likeness (QED) is 0.739. The number of aryl methyl sites for hydroxylation is 1. The van der Waals surface area contributed by atoms with Crippen molar-refractivity contribution < 1.29 is 0 Å². The van der Waals surface area contributed by atoms with Crippen LogP contribution in [-0.4, -0.2) is 9.97 Å². The number of halogens is 1. The van der Waals surface area contributed by atoms with Crippen molar-refractivity contribution in [2.45, 2.75) is 6.92 Å². The molecular weight excluding hydrogens is 184 g/mol. The fraction of sp³-hybridized carbons (Fsp3) is 0.100. The van der Waals surface area contributed by atoms with Gasteiger partial charge < -0.3 is 4.98 Å². The maximum atomic E-state index is 5.93. The highest BCUT2D eigenvalue weighted by molar-refractivity contribution is 6.30. The predicted molar refractivity (Wildman–Crippen MR) is 53.8 cm³/mol. The average molecular weight is 193 g/mol. The Morgan fingerprint density at radius 1 is 1.31 bits per heavy atom. The van der Waals surface area contributed by atoms with E-state index in [0.29, 0.717) is 0 Å². The molecule has 3 heteroatoms. The summed E-state index contributed by atoms with van der Waals surface area (Å²) in [6.45, 7) is 2.01. The first-order valence-electron chi connectivity index (χ1n) is 4.02. The van der Waals surface area contributed by atoms with Gasteiger partial charge in [0.25, 0.3) is 0 Å². The molecule has 0 radical (unpaired) electrons. The number of aromatic nitrogens is 2. The lowest BCUT2D eigenvalue weighted by molar-refractivity contribution is 1.30. The number of aromatic amines is 1. The third-order valence-electron chi connectivity index (χ3n) is 1.81. The topological polar surface area (TPSA) is 28.7 Å². The van der Waals surface area contributed by atoms with Gasteiger partial charge in [0.15, 0.2) is 0 Å².